The fraction of sp³-hybridized carbons (Fsp3) is 0.625. The highest BCUT2D eigenvalue weighted by Crippen LogP contribution is 2.23. The van der Waals surface area contributed by atoms with Crippen molar-refractivity contribution in [3.63, 3.8) is 0 Å². The Bertz CT molecular complexity index is 467. The smallest absolute Gasteiger partial charge is 0.0793 e. The van der Waals surface area contributed by atoms with Crippen molar-refractivity contribution in [2.24, 2.45) is 0 Å². The monoisotopic (exact) mass is 346 g/mol. The summed E-state index contributed by atoms with van der Waals surface area (Å²) >= 11 is 12.0. The second-order valence-corrected chi connectivity index (χ2v) is 6.46. The van der Waals surface area contributed by atoms with Crippen LogP contribution < -0.4 is 0 Å². The Balaban J connectivity index is 1.83. The minimum Gasteiger partial charge on any atom is -0.390 e. The summed E-state index contributed by atoms with van der Waals surface area (Å²) in [4.78, 5) is 4.46. The van der Waals surface area contributed by atoms with Gasteiger partial charge in [-0.25, -0.2) is 0 Å². The van der Waals surface area contributed by atoms with Crippen molar-refractivity contribution in [1.82, 2.24) is 9.80 Å². The van der Waals surface area contributed by atoms with Crippen molar-refractivity contribution >= 4 is 23.2 Å². The molecular weight excluding hydrogens is 323 g/mol. The summed E-state index contributed by atoms with van der Waals surface area (Å²) in [7, 11) is 0. The maximum atomic E-state index is 10.3. The molecule has 1 aromatic carbocycles. The van der Waals surface area contributed by atoms with E-state index in [2.05, 4.69) is 16.7 Å². The summed E-state index contributed by atoms with van der Waals surface area (Å²) in [6.07, 6.45) is -0.360. The molecule has 1 fully saturated rings. The summed E-state index contributed by atoms with van der Waals surface area (Å²) in [5.74, 6) is 0. The molecule has 0 saturated carbocycles. The molecule has 2 rings (SSSR count). The highest BCUT2D eigenvalue weighted by Gasteiger charge is 2.17. The molecule has 4 nitrogen and oxygen atoms in total. The van der Waals surface area contributed by atoms with Gasteiger partial charge in [0.1, 0.15) is 0 Å². The first kappa shape index (κ1) is 18.0. The maximum Gasteiger partial charge on any atom is 0.0793 e. The first-order valence-corrected chi connectivity index (χ1v) is 8.48. The number of morpholine rings is 1. The molecule has 0 radical (unpaired) electrons. The van der Waals surface area contributed by atoms with Gasteiger partial charge in [0.15, 0.2) is 0 Å². The molecule has 1 unspecified atom stereocenters. The van der Waals surface area contributed by atoms with Gasteiger partial charge in [0.05, 0.1) is 29.4 Å². The van der Waals surface area contributed by atoms with Gasteiger partial charge < -0.3 is 9.84 Å². The van der Waals surface area contributed by atoms with E-state index in [4.69, 9.17) is 27.9 Å². The highest BCUT2D eigenvalue weighted by atomic mass is 35.5. The van der Waals surface area contributed by atoms with E-state index in [1.165, 1.54) is 0 Å². The molecule has 1 N–H and O–H groups in total. The SMILES string of the molecule is CCN(Cc1ccc(Cl)c(Cl)c1)CC(O)CN1CCOCC1. The fourth-order valence-electron chi connectivity index (χ4n) is 2.64. The molecule has 0 aromatic heterocycles. The van der Waals surface area contributed by atoms with E-state index >= 15 is 0 Å². The number of aliphatic hydroxyl groups excluding tert-OH is 1. The Hall–Kier alpha value is -0.360. The van der Waals surface area contributed by atoms with Gasteiger partial charge in [0.2, 0.25) is 0 Å². The van der Waals surface area contributed by atoms with Crippen LogP contribution in [-0.2, 0) is 11.3 Å². The van der Waals surface area contributed by atoms with Crippen LogP contribution >= 0.6 is 23.2 Å². The molecule has 1 heterocycles. The number of aliphatic hydroxyl groups is 1. The number of β-amino-alcohol motifs (C(OH)–C–C–N with tert-alkyl or cyclic N) is 1. The lowest BCUT2D eigenvalue weighted by Gasteiger charge is -2.30. The molecule has 0 spiro atoms. The average molecular weight is 347 g/mol. The largest absolute Gasteiger partial charge is 0.390 e. The molecule has 124 valence electrons. The summed E-state index contributed by atoms with van der Waals surface area (Å²) in [5, 5.41) is 11.5. The van der Waals surface area contributed by atoms with Crippen molar-refractivity contribution < 1.29 is 9.84 Å². The Morgan fingerprint density at radius 3 is 2.64 bits per heavy atom. The van der Waals surface area contributed by atoms with Crippen LogP contribution in [0.1, 0.15) is 12.5 Å². The number of halogens is 2. The zero-order valence-electron chi connectivity index (χ0n) is 13.0. The topological polar surface area (TPSA) is 35.9 Å². The molecule has 0 bridgehead atoms. The maximum absolute atomic E-state index is 10.3. The van der Waals surface area contributed by atoms with Crippen LogP contribution in [0.4, 0.5) is 0 Å². The van der Waals surface area contributed by atoms with Crippen molar-refractivity contribution in [3.05, 3.63) is 33.8 Å². The summed E-state index contributed by atoms with van der Waals surface area (Å²) in [6.45, 7) is 8.38. The lowest BCUT2D eigenvalue weighted by Crippen LogP contribution is -2.44. The Morgan fingerprint density at radius 1 is 1.27 bits per heavy atom. The van der Waals surface area contributed by atoms with Crippen molar-refractivity contribution in [3.8, 4) is 0 Å². The number of nitrogens with zero attached hydrogens (tertiary/aromatic N) is 2. The van der Waals surface area contributed by atoms with Crippen LogP contribution in [0, 0.1) is 0 Å². The van der Waals surface area contributed by atoms with Gasteiger partial charge in [0, 0.05) is 32.7 Å². The van der Waals surface area contributed by atoms with Gasteiger partial charge in [-0.3, -0.25) is 9.80 Å². The lowest BCUT2D eigenvalue weighted by molar-refractivity contribution is 0.00669. The van der Waals surface area contributed by atoms with Crippen LogP contribution in [0.5, 0.6) is 0 Å². The highest BCUT2D eigenvalue weighted by molar-refractivity contribution is 6.42. The first-order valence-electron chi connectivity index (χ1n) is 7.73. The van der Waals surface area contributed by atoms with E-state index in [9.17, 15) is 5.11 Å². The lowest BCUT2D eigenvalue weighted by atomic mass is 10.2. The third-order valence-electron chi connectivity index (χ3n) is 3.88. The second kappa shape index (κ2) is 9.06. The molecule has 0 aliphatic carbocycles. The molecule has 22 heavy (non-hydrogen) atoms. The van der Waals surface area contributed by atoms with E-state index in [-0.39, 0.29) is 6.10 Å². The second-order valence-electron chi connectivity index (χ2n) is 5.64. The van der Waals surface area contributed by atoms with E-state index in [0.717, 1.165) is 45.0 Å². The van der Waals surface area contributed by atoms with Gasteiger partial charge >= 0.3 is 0 Å². The molecule has 1 aliphatic rings. The van der Waals surface area contributed by atoms with Crippen molar-refractivity contribution in [1.29, 1.82) is 0 Å². The van der Waals surface area contributed by atoms with Gasteiger partial charge in [-0.1, -0.05) is 36.2 Å². The van der Waals surface area contributed by atoms with E-state index in [1.807, 2.05) is 18.2 Å². The summed E-state index contributed by atoms with van der Waals surface area (Å²) in [5.41, 5.74) is 1.11. The molecule has 6 heteroatoms. The van der Waals surface area contributed by atoms with Crippen LogP contribution in [0.2, 0.25) is 10.0 Å². The third-order valence-corrected chi connectivity index (χ3v) is 4.62. The predicted octanol–water partition coefficient (Wildman–Crippen LogP) is 2.51. The number of ether oxygens (including phenoxy) is 1. The number of hydrogen-bond donors (Lipinski definition) is 1. The van der Waals surface area contributed by atoms with Gasteiger partial charge in [0.25, 0.3) is 0 Å². The molecule has 1 aromatic rings. The fourth-order valence-corrected chi connectivity index (χ4v) is 2.96. The molecule has 1 saturated heterocycles. The van der Waals surface area contributed by atoms with E-state index in [1.54, 1.807) is 0 Å². The molecule has 1 aliphatic heterocycles. The van der Waals surface area contributed by atoms with Gasteiger partial charge in [-0.15, -0.1) is 0 Å². The van der Waals surface area contributed by atoms with Gasteiger partial charge in [-0.05, 0) is 24.2 Å². The van der Waals surface area contributed by atoms with E-state index in [0.29, 0.717) is 23.1 Å². The van der Waals surface area contributed by atoms with Crippen LogP contribution in [0.25, 0.3) is 0 Å². The molecule has 0 amide bonds. The van der Waals surface area contributed by atoms with Crippen LogP contribution in [0.15, 0.2) is 18.2 Å². The number of hydrogen-bond acceptors (Lipinski definition) is 4. The summed E-state index contributed by atoms with van der Waals surface area (Å²) in [6, 6.07) is 5.68. The zero-order valence-corrected chi connectivity index (χ0v) is 14.5. The predicted molar refractivity (Wildman–Crippen MR) is 90.7 cm³/mol. The number of rotatable bonds is 7. The minimum absolute atomic E-state index is 0.360. The average Bonchev–Trinajstić information content (AvgIpc) is 2.51. The number of likely N-dealkylation sites (N-methyl/N-ethyl adjacent to an activating group) is 1. The Morgan fingerprint density at radius 2 is 2.00 bits per heavy atom. The zero-order chi connectivity index (χ0) is 15.9. The molecule has 1 atom stereocenters. The summed E-state index contributed by atoms with van der Waals surface area (Å²) < 4.78 is 5.33. The Kier molecular flexibility index (Phi) is 7.41. The van der Waals surface area contributed by atoms with E-state index < -0.39 is 0 Å². The van der Waals surface area contributed by atoms with Crippen molar-refractivity contribution in [2.45, 2.75) is 19.6 Å². The van der Waals surface area contributed by atoms with Crippen molar-refractivity contribution in [2.75, 3.05) is 45.9 Å². The van der Waals surface area contributed by atoms with Crippen LogP contribution in [0.3, 0.4) is 0 Å². The minimum atomic E-state index is -0.360. The Labute approximate surface area is 142 Å². The molecular formula is C16H24Cl2N2O2. The van der Waals surface area contributed by atoms with Gasteiger partial charge in [-0.2, -0.15) is 0 Å². The standard InChI is InChI=1S/C16H24Cl2N2O2/c1-2-19(10-13-3-4-15(17)16(18)9-13)11-14(21)12-20-5-7-22-8-6-20/h3-4,9,14,21H,2,5-8,10-12H2,1H3. The van der Waals surface area contributed by atoms with Crippen LogP contribution in [-0.4, -0.2) is 66.9 Å². The quantitative estimate of drug-likeness (QED) is 0.822. The normalized spacial score (nSPS) is 17.9. The third kappa shape index (κ3) is 5.69. The first-order chi connectivity index (χ1) is 10.6. The number of benzene rings is 1.